The van der Waals surface area contributed by atoms with Crippen molar-refractivity contribution in [3.05, 3.63) is 40.1 Å². The number of benzene rings is 1. The van der Waals surface area contributed by atoms with E-state index in [1.807, 2.05) is 0 Å². The van der Waals surface area contributed by atoms with Gasteiger partial charge in [0.1, 0.15) is 6.33 Å². The molecule has 0 radical (unpaired) electrons. The fourth-order valence-electron chi connectivity index (χ4n) is 4.20. The summed E-state index contributed by atoms with van der Waals surface area (Å²) in [5.41, 5.74) is 0.815. The summed E-state index contributed by atoms with van der Waals surface area (Å²) in [6.07, 6.45) is 2.84. The summed E-state index contributed by atoms with van der Waals surface area (Å²) in [6, 6.07) is 5.20. The number of carbonyl (C=O) groups is 2. The molecule has 4 atom stereocenters. The van der Waals surface area contributed by atoms with Gasteiger partial charge in [-0.2, -0.15) is 4.98 Å². The first kappa shape index (κ1) is 16.2. The summed E-state index contributed by atoms with van der Waals surface area (Å²) in [5, 5.41) is 5.38. The van der Waals surface area contributed by atoms with Crippen LogP contribution in [0.4, 0.5) is 5.95 Å². The molecule has 4 heterocycles. The van der Waals surface area contributed by atoms with Crippen LogP contribution in [0.2, 0.25) is 10.0 Å². The first-order valence-corrected chi connectivity index (χ1v) is 9.15. The van der Waals surface area contributed by atoms with Gasteiger partial charge >= 0.3 is 0 Å². The molecular weight excluding hydrogens is 379 g/mol. The van der Waals surface area contributed by atoms with Gasteiger partial charge in [-0.25, -0.2) is 9.58 Å². The van der Waals surface area contributed by atoms with E-state index in [9.17, 15) is 9.59 Å². The minimum absolute atomic E-state index is 0.110. The molecule has 0 saturated carbocycles. The predicted octanol–water partition coefficient (Wildman–Crippen LogP) is 2.30. The van der Waals surface area contributed by atoms with Gasteiger partial charge in [0.2, 0.25) is 11.8 Å². The van der Waals surface area contributed by atoms with Crippen LogP contribution in [0, 0.1) is 11.8 Å². The number of anilines is 1. The topological polar surface area (TPSA) is 77.3 Å². The molecule has 9 heteroatoms. The van der Waals surface area contributed by atoms with Crippen LogP contribution >= 0.6 is 23.2 Å². The smallest absolute Gasteiger partial charge is 0.258 e. The van der Waals surface area contributed by atoms with Crippen LogP contribution in [-0.2, 0) is 20.9 Å². The Kier molecular flexibility index (Phi) is 3.60. The molecule has 3 fully saturated rings. The van der Waals surface area contributed by atoms with E-state index in [4.69, 9.17) is 27.9 Å². The van der Waals surface area contributed by atoms with E-state index < -0.39 is 0 Å². The lowest BCUT2D eigenvalue weighted by Crippen LogP contribution is -2.35. The zero-order valence-corrected chi connectivity index (χ0v) is 15.0. The zero-order valence-electron chi connectivity index (χ0n) is 13.5. The highest BCUT2D eigenvalue weighted by molar-refractivity contribution is 6.35. The van der Waals surface area contributed by atoms with Crippen LogP contribution in [-0.4, -0.2) is 38.8 Å². The van der Waals surface area contributed by atoms with E-state index in [2.05, 4.69) is 10.1 Å². The van der Waals surface area contributed by atoms with Crippen molar-refractivity contribution < 1.29 is 14.3 Å². The first-order valence-electron chi connectivity index (χ1n) is 8.39. The number of hydrogen-bond acceptors (Lipinski definition) is 5. The second-order valence-electron chi connectivity index (χ2n) is 6.83. The van der Waals surface area contributed by atoms with Crippen molar-refractivity contribution in [3.63, 3.8) is 0 Å². The monoisotopic (exact) mass is 392 g/mol. The third-order valence-corrected chi connectivity index (χ3v) is 5.94. The van der Waals surface area contributed by atoms with Gasteiger partial charge < -0.3 is 4.74 Å². The molecule has 134 valence electrons. The van der Waals surface area contributed by atoms with Gasteiger partial charge in [-0.3, -0.25) is 9.59 Å². The van der Waals surface area contributed by atoms with E-state index in [0.717, 1.165) is 23.3 Å². The molecule has 0 aliphatic carbocycles. The second kappa shape index (κ2) is 5.77. The molecule has 0 N–H and O–H groups in total. The normalized spacial score (nSPS) is 29.7. The number of imide groups is 1. The third-order valence-electron chi connectivity index (χ3n) is 5.36. The summed E-state index contributed by atoms with van der Waals surface area (Å²) in [7, 11) is 0. The fourth-order valence-corrected chi connectivity index (χ4v) is 4.67. The van der Waals surface area contributed by atoms with Crippen LogP contribution in [0.1, 0.15) is 18.4 Å². The summed E-state index contributed by atoms with van der Waals surface area (Å²) < 4.78 is 7.28. The maximum absolute atomic E-state index is 12.7. The maximum Gasteiger partial charge on any atom is 0.258 e. The third kappa shape index (κ3) is 2.31. The predicted molar refractivity (Wildman–Crippen MR) is 93.0 cm³/mol. The van der Waals surface area contributed by atoms with E-state index >= 15 is 0 Å². The summed E-state index contributed by atoms with van der Waals surface area (Å²) in [6.45, 7) is 0.362. The number of halogens is 2. The molecule has 0 unspecified atom stereocenters. The van der Waals surface area contributed by atoms with E-state index in [1.54, 1.807) is 22.9 Å². The van der Waals surface area contributed by atoms with Crippen LogP contribution in [0.3, 0.4) is 0 Å². The second-order valence-corrected chi connectivity index (χ2v) is 7.68. The van der Waals surface area contributed by atoms with E-state index in [1.165, 1.54) is 6.33 Å². The zero-order chi connectivity index (χ0) is 18.0. The van der Waals surface area contributed by atoms with Gasteiger partial charge in [0.25, 0.3) is 5.95 Å². The van der Waals surface area contributed by atoms with E-state index in [-0.39, 0.29) is 41.8 Å². The SMILES string of the molecule is O=C1[C@@H]2[C@H](C(=O)N1c1ncn(Cc3ccc(Cl)cc3Cl)n1)[C@H]1CC[C@H]2O1. The summed E-state index contributed by atoms with van der Waals surface area (Å²) in [4.78, 5) is 30.8. The van der Waals surface area contributed by atoms with Crippen molar-refractivity contribution in [2.24, 2.45) is 11.8 Å². The van der Waals surface area contributed by atoms with Crippen LogP contribution < -0.4 is 4.90 Å². The Morgan fingerprint density at radius 1 is 1.12 bits per heavy atom. The lowest BCUT2D eigenvalue weighted by molar-refractivity contribution is -0.124. The number of aromatic nitrogens is 3. The minimum atomic E-state index is -0.390. The maximum atomic E-state index is 12.7. The number of rotatable bonds is 3. The highest BCUT2D eigenvalue weighted by atomic mass is 35.5. The van der Waals surface area contributed by atoms with Crippen molar-refractivity contribution in [2.75, 3.05) is 4.90 Å². The summed E-state index contributed by atoms with van der Waals surface area (Å²) in [5.74, 6) is -1.18. The minimum Gasteiger partial charge on any atom is -0.373 e. The molecule has 1 aromatic heterocycles. The number of nitrogens with zero attached hydrogens (tertiary/aromatic N) is 4. The molecule has 1 aromatic carbocycles. The molecular formula is C17H14Cl2N4O3. The molecule has 3 aliphatic heterocycles. The Balaban J connectivity index is 1.40. The van der Waals surface area contributed by atoms with Crippen LogP contribution in [0.25, 0.3) is 0 Å². The number of ether oxygens (including phenoxy) is 1. The van der Waals surface area contributed by atoms with Gasteiger partial charge in [0, 0.05) is 10.0 Å². The highest BCUT2D eigenvalue weighted by Crippen LogP contribution is 2.48. The van der Waals surface area contributed by atoms with Gasteiger partial charge in [-0.15, -0.1) is 5.10 Å². The molecule has 7 nitrogen and oxygen atoms in total. The number of amides is 2. The average Bonchev–Trinajstić information content (AvgIpc) is 3.35. The Hall–Kier alpha value is -1.96. The quantitative estimate of drug-likeness (QED) is 0.748. The Morgan fingerprint density at radius 3 is 2.46 bits per heavy atom. The van der Waals surface area contributed by atoms with Crippen LogP contribution in [0.15, 0.2) is 24.5 Å². The Morgan fingerprint density at radius 2 is 1.81 bits per heavy atom. The molecule has 5 rings (SSSR count). The molecule has 2 aromatic rings. The molecule has 26 heavy (non-hydrogen) atoms. The molecule has 2 amide bonds. The van der Waals surface area contributed by atoms with Gasteiger partial charge in [0.15, 0.2) is 0 Å². The van der Waals surface area contributed by atoms with Crippen molar-refractivity contribution in [1.29, 1.82) is 0 Å². The van der Waals surface area contributed by atoms with Crippen LogP contribution in [0.5, 0.6) is 0 Å². The highest BCUT2D eigenvalue weighted by Gasteiger charge is 2.63. The van der Waals surface area contributed by atoms with Crippen molar-refractivity contribution >= 4 is 41.0 Å². The number of hydrogen-bond donors (Lipinski definition) is 0. The van der Waals surface area contributed by atoms with Crippen molar-refractivity contribution in [2.45, 2.75) is 31.6 Å². The molecule has 2 bridgehead atoms. The number of carbonyl (C=O) groups excluding carboxylic acids is 2. The molecule has 0 spiro atoms. The largest absolute Gasteiger partial charge is 0.373 e. The van der Waals surface area contributed by atoms with Gasteiger partial charge in [-0.05, 0) is 30.5 Å². The van der Waals surface area contributed by atoms with E-state index in [0.29, 0.717) is 16.6 Å². The molecule has 3 saturated heterocycles. The Bertz CT molecular complexity index is 902. The lowest BCUT2D eigenvalue weighted by Gasteiger charge is -2.14. The first-order chi connectivity index (χ1) is 12.5. The average molecular weight is 393 g/mol. The van der Waals surface area contributed by atoms with Crippen molar-refractivity contribution in [3.8, 4) is 0 Å². The Labute approximate surface area is 158 Å². The lowest BCUT2D eigenvalue weighted by atomic mass is 9.81. The van der Waals surface area contributed by atoms with Crippen molar-refractivity contribution in [1.82, 2.24) is 14.8 Å². The molecule has 3 aliphatic rings. The van der Waals surface area contributed by atoms with Gasteiger partial charge in [-0.1, -0.05) is 29.3 Å². The summed E-state index contributed by atoms with van der Waals surface area (Å²) >= 11 is 12.1. The standard InChI is InChI=1S/C17H14Cl2N4O3/c18-9-2-1-8(10(19)5-9)6-22-7-20-17(21-22)23-15(24)13-11-3-4-12(26-11)14(13)16(23)25/h1-2,5,7,11-14H,3-4,6H2/t11-,12-,13-,14+/m1/s1. The fraction of sp³-hybridized carbons (Fsp3) is 0.412. The van der Waals surface area contributed by atoms with Gasteiger partial charge in [0.05, 0.1) is 30.6 Å². The number of fused-ring (bicyclic) bond motifs is 5.